The summed E-state index contributed by atoms with van der Waals surface area (Å²) in [6.45, 7) is 0. The number of hydrogen-bond donors (Lipinski definition) is 0. The van der Waals surface area contributed by atoms with Gasteiger partial charge in [-0.25, -0.2) is 0 Å². The average molecular weight is 207 g/mol. The molecule has 2 aromatic rings. The maximum atomic E-state index is 8.87. The maximum absolute atomic E-state index is 8.87. The van der Waals surface area contributed by atoms with Crippen molar-refractivity contribution < 1.29 is 4.42 Å². The number of aromatic nitrogens is 1. The van der Waals surface area contributed by atoms with Gasteiger partial charge in [-0.1, -0.05) is 0 Å². The van der Waals surface area contributed by atoms with Gasteiger partial charge in [-0.3, -0.25) is 4.98 Å². The van der Waals surface area contributed by atoms with E-state index in [2.05, 4.69) is 11.1 Å². The van der Waals surface area contributed by atoms with Crippen LogP contribution in [-0.2, 0) is 0 Å². The molecule has 0 saturated carbocycles. The van der Waals surface area contributed by atoms with Gasteiger partial charge in [0.15, 0.2) is 0 Å². The molecule has 2 heterocycles. The van der Waals surface area contributed by atoms with E-state index in [4.69, 9.17) is 21.3 Å². The van der Waals surface area contributed by atoms with Gasteiger partial charge in [-0.2, -0.15) is 5.26 Å². The first-order chi connectivity index (χ1) is 6.86. The van der Waals surface area contributed by atoms with Crippen LogP contribution in [-0.4, -0.2) is 10.9 Å². The van der Waals surface area contributed by atoms with Crippen LogP contribution in [0.15, 0.2) is 29.0 Å². The minimum absolute atomic E-state index is 0.244. The maximum Gasteiger partial charge on any atom is 0.137 e. The minimum atomic E-state index is -0.377. The second-order valence-electron chi connectivity index (χ2n) is 2.86. The molecule has 3 nitrogen and oxygen atoms in total. The highest BCUT2D eigenvalue weighted by Crippen LogP contribution is 2.24. The predicted octanol–water partition coefficient (Wildman–Crippen LogP) is 2.67. The zero-order valence-electron chi connectivity index (χ0n) is 7.27. The molecule has 0 aromatic carbocycles. The fourth-order valence-corrected chi connectivity index (χ4v) is 1.58. The highest BCUT2D eigenvalue weighted by molar-refractivity contribution is 6.18. The Morgan fingerprint density at radius 3 is 3.14 bits per heavy atom. The normalized spacial score (nSPS) is 12.6. The Labute approximate surface area is 85.9 Å². The Morgan fingerprint density at radius 2 is 2.43 bits per heavy atom. The summed E-state index contributed by atoms with van der Waals surface area (Å²) in [5.74, 6) is -0.133. The van der Waals surface area contributed by atoms with Crippen molar-refractivity contribution in [3.8, 4) is 6.07 Å². The Morgan fingerprint density at radius 1 is 1.57 bits per heavy atom. The van der Waals surface area contributed by atoms with Crippen molar-refractivity contribution in [2.24, 2.45) is 0 Å². The van der Waals surface area contributed by atoms with E-state index in [1.165, 1.54) is 0 Å². The summed E-state index contributed by atoms with van der Waals surface area (Å²) < 4.78 is 5.21. The van der Waals surface area contributed by atoms with Gasteiger partial charge in [-0.05, 0) is 12.1 Å². The third-order valence-electron chi connectivity index (χ3n) is 2.05. The summed E-state index contributed by atoms with van der Waals surface area (Å²) in [5.41, 5.74) is 1.43. The van der Waals surface area contributed by atoms with Gasteiger partial charge in [0.25, 0.3) is 0 Å². The van der Waals surface area contributed by atoms with Crippen LogP contribution < -0.4 is 0 Å². The predicted molar refractivity (Wildman–Crippen MR) is 53.1 cm³/mol. The molecule has 0 bridgehead atoms. The Hall–Kier alpha value is -1.53. The molecule has 0 fully saturated rings. The first-order valence-corrected chi connectivity index (χ1v) is 4.68. The molecule has 1 atom stereocenters. The van der Waals surface area contributed by atoms with Crippen LogP contribution in [0.25, 0.3) is 11.0 Å². The highest BCUT2D eigenvalue weighted by Gasteiger charge is 2.14. The topological polar surface area (TPSA) is 49.8 Å². The van der Waals surface area contributed by atoms with Gasteiger partial charge >= 0.3 is 0 Å². The molecule has 0 aliphatic rings. The molecule has 0 N–H and O–H groups in total. The molecular weight excluding hydrogens is 200 g/mol. The molecule has 0 saturated heterocycles. The van der Waals surface area contributed by atoms with E-state index in [1.807, 2.05) is 0 Å². The number of halogens is 1. The van der Waals surface area contributed by atoms with E-state index < -0.39 is 0 Å². The van der Waals surface area contributed by atoms with Crippen LogP contribution in [0.4, 0.5) is 0 Å². The summed E-state index contributed by atoms with van der Waals surface area (Å²) in [6.07, 6.45) is 3.20. The van der Waals surface area contributed by atoms with E-state index in [0.29, 0.717) is 5.69 Å². The van der Waals surface area contributed by atoms with Crippen LogP contribution >= 0.6 is 11.6 Å². The molecule has 14 heavy (non-hydrogen) atoms. The monoisotopic (exact) mass is 206 g/mol. The van der Waals surface area contributed by atoms with Crippen molar-refractivity contribution in [3.63, 3.8) is 0 Å². The van der Waals surface area contributed by atoms with Crippen molar-refractivity contribution in [1.82, 2.24) is 4.98 Å². The number of pyridine rings is 1. The molecule has 0 spiro atoms. The van der Waals surface area contributed by atoms with E-state index in [9.17, 15) is 0 Å². The Kier molecular flexibility index (Phi) is 2.38. The highest BCUT2D eigenvalue weighted by atomic mass is 35.5. The summed E-state index contributed by atoms with van der Waals surface area (Å²) in [4.78, 5) is 4.15. The fraction of sp³-hybridized carbons (Fsp3) is 0.200. The molecule has 4 heteroatoms. The molecule has 0 aliphatic carbocycles. The Balaban J connectivity index is 2.62. The van der Waals surface area contributed by atoms with Gasteiger partial charge < -0.3 is 4.42 Å². The lowest BCUT2D eigenvalue weighted by Crippen LogP contribution is -2.00. The number of rotatable bonds is 2. The van der Waals surface area contributed by atoms with Crippen LogP contribution in [0.5, 0.6) is 0 Å². The van der Waals surface area contributed by atoms with Crippen molar-refractivity contribution in [2.45, 2.75) is 5.92 Å². The van der Waals surface area contributed by atoms with Gasteiger partial charge in [0.2, 0.25) is 0 Å². The molecule has 2 aromatic heterocycles. The first-order valence-electron chi connectivity index (χ1n) is 4.14. The standard InChI is InChI=1S/C10H7ClN2O/c11-5-7(6-12)10-8-2-4-14-9(8)1-3-13-10/h1-4,7H,5H2. The SMILES string of the molecule is N#CC(CCl)c1nccc2occc12. The number of furan rings is 1. The number of fused-ring (bicyclic) bond motifs is 1. The third-order valence-corrected chi connectivity index (χ3v) is 2.36. The summed E-state index contributed by atoms with van der Waals surface area (Å²) in [6, 6.07) is 5.68. The zero-order chi connectivity index (χ0) is 9.97. The second-order valence-corrected chi connectivity index (χ2v) is 3.17. The van der Waals surface area contributed by atoms with E-state index in [1.54, 1.807) is 24.6 Å². The molecule has 1 unspecified atom stereocenters. The number of hydrogen-bond acceptors (Lipinski definition) is 3. The van der Waals surface area contributed by atoms with Crippen molar-refractivity contribution in [3.05, 3.63) is 30.3 Å². The average Bonchev–Trinajstić information content (AvgIpc) is 2.68. The number of nitriles is 1. The third kappa shape index (κ3) is 1.34. The van der Waals surface area contributed by atoms with Crippen LogP contribution in [0.2, 0.25) is 0 Å². The smallest absolute Gasteiger partial charge is 0.137 e. The van der Waals surface area contributed by atoms with Gasteiger partial charge in [0.05, 0.1) is 18.0 Å². The van der Waals surface area contributed by atoms with Crippen molar-refractivity contribution >= 4 is 22.6 Å². The van der Waals surface area contributed by atoms with Crippen molar-refractivity contribution in [2.75, 3.05) is 5.88 Å². The molecule has 2 rings (SSSR count). The lowest BCUT2D eigenvalue weighted by atomic mass is 10.1. The number of nitrogens with zero attached hydrogens (tertiary/aromatic N) is 2. The minimum Gasteiger partial charge on any atom is -0.464 e. The van der Waals surface area contributed by atoms with Crippen LogP contribution in [0.3, 0.4) is 0 Å². The molecule has 70 valence electrons. The fourth-order valence-electron chi connectivity index (χ4n) is 1.36. The molecule has 0 amide bonds. The van der Waals surface area contributed by atoms with Crippen LogP contribution in [0, 0.1) is 11.3 Å². The van der Waals surface area contributed by atoms with Gasteiger partial charge in [0.1, 0.15) is 11.5 Å². The quantitative estimate of drug-likeness (QED) is 0.710. The van der Waals surface area contributed by atoms with Crippen molar-refractivity contribution in [1.29, 1.82) is 5.26 Å². The van der Waals surface area contributed by atoms with Gasteiger partial charge in [-0.15, -0.1) is 11.6 Å². The molecule has 0 radical (unpaired) electrons. The number of alkyl halides is 1. The lowest BCUT2D eigenvalue weighted by molar-refractivity contribution is 0.615. The molecular formula is C10H7ClN2O. The second kappa shape index (κ2) is 3.69. The zero-order valence-corrected chi connectivity index (χ0v) is 8.03. The van der Waals surface area contributed by atoms with E-state index in [-0.39, 0.29) is 11.8 Å². The summed E-state index contributed by atoms with van der Waals surface area (Å²) in [5, 5.41) is 9.73. The van der Waals surface area contributed by atoms with E-state index in [0.717, 1.165) is 11.0 Å². The lowest BCUT2D eigenvalue weighted by Gasteiger charge is -2.04. The summed E-state index contributed by atoms with van der Waals surface area (Å²) >= 11 is 5.68. The Bertz CT molecular complexity index is 486. The first kappa shape index (κ1) is 9.04. The largest absolute Gasteiger partial charge is 0.464 e. The summed E-state index contributed by atoms with van der Waals surface area (Å²) in [7, 11) is 0. The van der Waals surface area contributed by atoms with Gasteiger partial charge in [0, 0.05) is 17.5 Å². The van der Waals surface area contributed by atoms with Crippen LogP contribution in [0.1, 0.15) is 11.6 Å². The molecule has 0 aliphatic heterocycles. The van der Waals surface area contributed by atoms with E-state index >= 15 is 0 Å².